The Kier molecular flexibility index (Phi) is 5.06. The van der Waals surface area contributed by atoms with Crippen LogP contribution in [0.15, 0.2) is 24.3 Å². The lowest BCUT2D eigenvalue weighted by molar-refractivity contribution is -0.139. The van der Waals surface area contributed by atoms with Crippen LogP contribution in [0, 0.1) is 5.92 Å². The van der Waals surface area contributed by atoms with E-state index in [4.69, 9.17) is 4.74 Å². The molecule has 3 heterocycles. The third-order valence-corrected chi connectivity index (χ3v) is 5.97. The lowest BCUT2D eigenvalue weighted by atomic mass is 9.84. The number of morpholine rings is 1. The van der Waals surface area contributed by atoms with Crippen molar-refractivity contribution < 1.29 is 14.3 Å². The van der Waals surface area contributed by atoms with Crippen molar-refractivity contribution in [2.45, 2.75) is 25.3 Å². The zero-order valence-electron chi connectivity index (χ0n) is 15.9. The number of anilines is 2. The molecule has 0 aromatic heterocycles. The molecule has 1 spiro atoms. The Morgan fingerprint density at radius 2 is 1.81 bits per heavy atom. The van der Waals surface area contributed by atoms with E-state index in [1.54, 1.807) is 0 Å². The molecule has 2 N–H and O–H groups in total. The lowest BCUT2D eigenvalue weighted by Crippen LogP contribution is -2.59. The molecule has 0 saturated carbocycles. The summed E-state index contributed by atoms with van der Waals surface area (Å²) in [7, 11) is 0. The van der Waals surface area contributed by atoms with Crippen LogP contribution < -0.4 is 10.6 Å². The summed E-state index contributed by atoms with van der Waals surface area (Å²) in [5.41, 5.74) is 1.17. The predicted molar refractivity (Wildman–Crippen MR) is 104 cm³/mol. The largest absolute Gasteiger partial charge is 0.379 e. The minimum atomic E-state index is -0.613. The van der Waals surface area contributed by atoms with E-state index in [1.165, 1.54) is 0 Å². The molecule has 1 aromatic rings. The number of para-hydroxylation sites is 2. The Morgan fingerprint density at radius 1 is 1.15 bits per heavy atom. The second-order valence-corrected chi connectivity index (χ2v) is 7.85. The van der Waals surface area contributed by atoms with Crippen molar-refractivity contribution in [3.63, 3.8) is 0 Å². The number of nitrogens with zero attached hydrogens (tertiary/aromatic N) is 2. The van der Waals surface area contributed by atoms with E-state index >= 15 is 0 Å². The molecule has 7 nitrogen and oxygen atoms in total. The first kappa shape index (κ1) is 18.3. The van der Waals surface area contributed by atoms with Gasteiger partial charge in [-0.05, 0) is 25.0 Å². The van der Waals surface area contributed by atoms with E-state index in [9.17, 15) is 9.59 Å². The van der Waals surface area contributed by atoms with E-state index in [0.29, 0.717) is 25.9 Å². The standard InChI is InChI=1S/C20H28N4O3/c1-15(14-23-10-12-27-13-11-23)18(25)24-8-6-20(7-9-24)19(26)21-16-4-2-3-5-17(16)22-20/h2-5,15,22H,6-14H2,1H3,(H,21,26)/t15-/m1/s1. The topological polar surface area (TPSA) is 73.9 Å². The highest BCUT2D eigenvalue weighted by molar-refractivity contribution is 6.06. The zero-order valence-corrected chi connectivity index (χ0v) is 15.9. The third kappa shape index (κ3) is 3.66. The van der Waals surface area contributed by atoms with Crippen LogP contribution in [0.3, 0.4) is 0 Å². The van der Waals surface area contributed by atoms with Gasteiger partial charge in [-0.15, -0.1) is 0 Å². The number of ether oxygens (including phenoxy) is 1. The van der Waals surface area contributed by atoms with Crippen LogP contribution in [-0.4, -0.2) is 73.1 Å². The zero-order chi connectivity index (χ0) is 18.9. The van der Waals surface area contributed by atoms with Gasteiger partial charge in [0.2, 0.25) is 11.8 Å². The molecular formula is C20H28N4O3. The number of fused-ring (bicyclic) bond motifs is 1. The highest BCUT2D eigenvalue weighted by Crippen LogP contribution is 2.36. The fraction of sp³-hybridized carbons (Fsp3) is 0.600. The van der Waals surface area contributed by atoms with E-state index in [-0.39, 0.29) is 17.7 Å². The van der Waals surface area contributed by atoms with Gasteiger partial charge in [0.05, 0.1) is 24.6 Å². The van der Waals surface area contributed by atoms with E-state index in [2.05, 4.69) is 15.5 Å². The highest BCUT2D eigenvalue weighted by Gasteiger charge is 2.45. The maximum atomic E-state index is 12.9. The number of benzene rings is 1. The molecule has 4 rings (SSSR count). The lowest BCUT2D eigenvalue weighted by Gasteiger charge is -2.45. The summed E-state index contributed by atoms with van der Waals surface area (Å²) in [6.45, 7) is 7.27. The molecule has 2 fully saturated rings. The normalized spacial score (nSPS) is 23.3. The summed E-state index contributed by atoms with van der Waals surface area (Å²) in [5.74, 6) is 0.161. The third-order valence-electron chi connectivity index (χ3n) is 5.97. The van der Waals surface area contributed by atoms with Crippen molar-refractivity contribution in [2.24, 2.45) is 5.92 Å². The smallest absolute Gasteiger partial charge is 0.250 e. The molecule has 2 saturated heterocycles. The Balaban J connectivity index is 1.35. The molecule has 0 aliphatic carbocycles. The van der Waals surface area contributed by atoms with Gasteiger partial charge in [-0.1, -0.05) is 19.1 Å². The Hall–Kier alpha value is -2.12. The predicted octanol–water partition coefficient (Wildman–Crippen LogP) is 1.38. The van der Waals surface area contributed by atoms with Gasteiger partial charge in [0.1, 0.15) is 5.54 Å². The summed E-state index contributed by atoms with van der Waals surface area (Å²) in [4.78, 5) is 29.8. The summed E-state index contributed by atoms with van der Waals surface area (Å²) in [6, 6.07) is 7.76. The van der Waals surface area contributed by atoms with Crippen LogP contribution in [0.4, 0.5) is 11.4 Å². The number of carbonyl (C=O) groups is 2. The summed E-state index contributed by atoms with van der Waals surface area (Å²) in [5, 5.41) is 6.46. The molecule has 0 unspecified atom stereocenters. The first-order valence-electron chi connectivity index (χ1n) is 9.85. The molecule has 1 atom stereocenters. The fourth-order valence-corrected chi connectivity index (χ4v) is 4.28. The number of carbonyl (C=O) groups excluding carboxylic acids is 2. The van der Waals surface area contributed by atoms with Crippen LogP contribution >= 0.6 is 0 Å². The van der Waals surface area contributed by atoms with Crippen LogP contribution in [0.25, 0.3) is 0 Å². The Bertz CT molecular complexity index is 709. The van der Waals surface area contributed by atoms with Crippen molar-refractivity contribution in [3.05, 3.63) is 24.3 Å². The van der Waals surface area contributed by atoms with Crippen molar-refractivity contribution in [1.82, 2.24) is 9.80 Å². The van der Waals surface area contributed by atoms with Crippen molar-refractivity contribution in [1.29, 1.82) is 0 Å². The highest BCUT2D eigenvalue weighted by atomic mass is 16.5. The van der Waals surface area contributed by atoms with Crippen molar-refractivity contribution >= 4 is 23.2 Å². The molecule has 0 bridgehead atoms. The molecule has 146 valence electrons. The van der Waals surface area contributed by atoms with Gasteiger partial charge in [-0.3, -0.25) is 14.5 Å². The van der Waals surface area contributed by atoms with E-state index < -0.39 is 5.54 Å². The first-order chi connectivity index (χ1) is 13.1. The van der Waals surface area contributed by atoms with Gasteiger partial charge in [0, 0.05) is 38.6 Å². The minimum Gasteiger partial charge on any atom is -0.379 e. The quantitative estimate of drug-likeness (QED) is 0.839. The maximum absolute atomic E-state index is 12.9. The Morgan fingerprint density at radius 3 is 2.52 bits per heavy atom. The minimum absolute atomic E-state index is 0.00895. The summed E-state index contributed by atoms with van der Waals surface area (Å²) in [6.07, 6.45) is 1.26. The van der Waals surface area contributed by atoms with Gasteiger partial charge in [0.25, 0.3) is 0 Å². The van der Waals surface area contributed by atoms with Crippen LogP contribution in [0.5, 0.6) is 0 Å². The van der Waals surface area contributed by atoms with E-state index in [1.807, 2.05) is 36.1 Å². The van der Waals surface area contributed by atoms with Gasteiger partial charge in [-0.25, -0.2) is 0 Å². The van der Waals surface area contributed by atoms with Gasteiger partial charge >= 0.3 is 0 Å². The number of hydrogen-bond acceptors (Lipinski definition) is 5. The van der Waals surface area contributed by atoms with Crippen molar-refractivity contribution in [3.8, 4) is 0 Å². The summed E-state index contributed by atoms with van der Waals surface area (Å²) < 4.78 is 5.38. The molecular weight excluding hydrogens is 344 g/mol. The molecule has 2 amide bonds. The van der Waals surface area contributed by atoms with Crippen LogP contribution in [-0.2, 0) is 14.3 Å². The molecule has 7 heteroatoms. The molecule has 1 aromatic carbocycles. The number of nitrogens with one attached hydrogen (secondary N) is 2. The number of likely N-dealkylation sites (tertiary alicyclic amines) is 1. The summed E-state index contributed by atoms with van der Waals surface area (Å²) >= 11 is 0. The molecule has 3 aliphatic heterocycles. The maximum Gasteiger partial charge on any atom is 0.250 e. The number of rotatable bonds is 3. The molecule has 27 heavy (non-hydrogen) atoms. The second-order valence-electron chi connectivity index (χ2n) is 7.85. The molecule has 0 radical (unpaired) electrons. The fourth-order valence-electron chi connectivity index (χ4n) is 4.28. The van der Waals surface area contributed by atoms with Gasteiger partial charge < -0.3 is 20.3 Å². The number of hydrogen-bond donors (Lipinski definition) is 2. The number of amides is 2. The Labute approximate surface area is 160 Å². The van der Waals surface area contributed by atoms with Gasteiger partial charge in [0.15, 0.2) is 0 Å². The second kappa shape index (κ2) is 7.48. The van der Waals surface area contributed by atoms with E-state index in [0.717, 1.165) is 44.2 Å². The first-order valence-corrected chi connectivity index (χ1v) is 9.85. The van der Waals surface area contributed by atoms with Crippen LogP contribution in [0.2, 0.25) is 0 Å². The van der Waals surface area contributed by atoms with Crippen molar-refractivity contribution in [2.75, 3.05) is 56.6 Å². The SMILES string of the molecule is C[C@H](CN1CCOCC1)C(=O)N1CCC2(CC1)Nc1ccccc1NC2=O. The van der Waals surface area contributed by atoms with Crippen LogP contribution in [0.1, 0.15) is 19.8 Å². The van der Waals surface area contributed by atoms with Gasteiger partial charge in [-0.2, -0.15) is 0 Å². The number of piperidine rings is 1. The monoisotopic (exact) mass is 372 g/mol. The average Bonchev–Trinajstić information content (AvgIpc) is 2.70. The molecule has 3 aliphatic rings. The average molecular weight is 372 g/mol.